The second kappa shape index (κ2) is 2.64. The van der Waals surface area contributed by atoms with Gasteiger partial charge in [0.25, 0.3) is 0 Å². The molecule has 6 fully saturated rings. The molecule has 2 nitrogen and oxygen atoms in total. The smallest absolute Gasteiger partial charge is 0.0677 e. The molecule has 0 amide bonds. The zero-order valence-corrected chi connectivity index (χ0v) is 10.7. The van der Waals surface area contributed by atoms with Crippen LogP contribution in [0.25, 0.3) is 0 Å². The number of rotatable bonds is 1. The zero-order valence-electron chi connectivity index (χ0n) is 10.7. The van der Waals surface area contributed by atoms with Gasteiger partial charge in [0.2, 0.25) is 0 Å². The highest BCUT2D eigenvalue weighted by Crippen LogP contribution is 2.86. The monoisotopic (exact) mass is 254 g/mol. The van der Waals surface area contributed by atoms with Crippen LogP contribution in [0.5, 0.6) is 0 Å². The van der Waals surface area contributed by atoms with E-state index in [0.717, 1.165) is 5.92 Å². The summed E-state index contributed by atoms with van der Waals surface area (Å²) < 4.78 is 0. The molecular formula is C17H18O2. The molecule has 19 heavy (non-hydrogen) atoms. The molecule has 1 aromatic rings. The van der Waals surface area contributed by atoms with Gasteiger partial charge in [0.15, 0.2) is 0 Å². The third-order valence-corrected chi connectivity index (χ3v) is 7.76. The van der Waals surface area contributed by atoms with E-state index < -0.39 is 0 Å². The largest absolute Gasteiger partial charge is 0.392 e. The number of hydrogen-bond donors (Lipinski definition) is 2. The molecule has 10 atom stereocenters. The highest BCUT2D eigenvalue weighted by Gasteiger charge is 2.89. The Morgan fingerprint density at radius 3 is 2.47 bits per heavy atom. The first kappa shape index (κ1) is 9.95. The van der Waals surface area contributed by atoms with E-state index in [0.29, 0.717) is 35.5 Å². The van der Waals surface area contributed by atoms with E-state index in [1.807, 2.05) is 6.07 Å². The summed E-state index contributed by atoms with van der Waals surface area (Å²) >= 11 is 0. The Morgan fingerprint density at radius 2 is 1.68 bits per heavy atom. The molecule has 0 aliphatic heterocycles. The second-order valence-corrected chi connectivity index (χ2v) is 7.58. The first-order chi connectivity index (χ1) is 9.28. The molecule has 0 radical (unpaired) electrons. The van der Waals surface area contributed by atoms with Gasteiger partial charge in [0.1, 0.15) is 0 Å². The fourth-order valence-corrected chi connectivity index (χ4v) is 7.93. The highest BCUT2D eigenvalue weighted by molar-refractivity contribution is 5.47. The second-order valence-electron chi connectivity index (χ2n) is 7.58. The Bertz CT molecular complexity index is 580. The quantitative estimate of drug-likeness (QED) is 0.795. The average Bonchev–Trinajstić information content (AvgIpc) is 3.15. The van der Waals surface area contributed by atoms with Gasteiger partial charge in [-0.1, -0.05) is 30.3 Å². The van der Waals surface area contributed by atoms with Crippen molar-refractivity contribution in [3.05, 3.63) is 35.9 Å². The molecule has 0 heterocycles. The zero-order chi connectivity index (χ0) is 12.5. The van der Waals surface area contributed by atoms with Crippen molar-refractivity contribution in [1.82, 2.24) is 0 Å². The lowest BCUT2D eigenvalue weighted by Gasteiger charge is -2.42. The Morgan fingerprint density at radius 1 is 0.895 bits per heavy atom. The summed E-state index contributed by atoms with van der Waals surface area (Å²) in [5.74, 6) is 3.93. The topological polar surface area (TPSA) is 40.5 Å². The van der Waals surface area contributed by atoms with Crippen molar-refractivity contribution in [2.24, 2.45) is 41.4 Å². The van der Waals surface area contributed by atoms with Gasteiger partial charge in [-0.3, -0.25) is 0 Å². The highest BCUT2D eigenvalue weighted by atomic mass is 16.3. The summed E-state index contributed by atoms with van der Waals surface area (Å²) in [6, 6.07) is 10.6. The van der Waals surface area contributed by atoms with Crippen LogP contribution < -0.4 is 0 Å². The molecule has 6 saturated carbocycles. The van der Waals surface area contributed by atoms with Crippen LogP contribution in [0.1, 0.15) is 12.0 Å². The Balaban J connectivity index is 1.68. The Labute approximate surface area is 112 Å². The van der Waals surface area contributed by atoms with E-state index in [9.17, 15) is 10.2 Å². The summed E-state index contributed by atoms with van der Waals surface area (Å²) in [5.41, 5.74) is 1.20. The van der Waals surface area contributed by atoms with Gasteiger partial charge >= 0.3 is 0 Å². The van der Waals surface area contributed by atoms with Gasteiger partial charge < -0.3 is 10.2 Å². The first-order valence-electron chi connectivity index (χ1n) is 7.69. The Kier molecular flexibility index (Phi) is 1.38. The van der Waals surface area contributed by atoms with Crippen LogP contribution in [0.15, 0.2) is 30.3 Å². The molecule has 6 aliphatic carbocycles. The van der Waals surface area contributed by atoms with Crippen LogP contribution in [0, 0.1) is 41.4 Å². The maximum Gasteiger partial charge on any atom is 0.0677 e. The van der Waals surface area contributed by atoms with Crippen LogP contribution in [-0.2, 0) is 5.41 Å². The molecule has 0 spiro atoms. The van der Waals surface area contributed by atoms with Crippen molar-refractivity contribution >= 4 is 0 Å². The molecule has 1 aromatic carbocycles. The predicted octanol–water partition coefficient (Wildman–Crippen LogP) is 1.42. The minimum atomic E-state index is -0.202. The summed E-state index contributed by atoms with van der Waals surface area (Å²) in [6.07, 6.45) is 0.934. The maximum atomic E-state index is 11.0. The molecule has 98 valence electrons. The van der Waals surface area contributed by atoms with Gasteiger partial charge in [-0.2, -0.15) is 0 Å². The molecule has 7 rings (SSSR count). The van der Waals surface area contributed by atoms with E-state index in [1.54, 1.807) is 0 Å². The van der Waals surface area contributed by atoms with E-state index in [4.69, 9.17) is 0 Å². The molecule has 6 aliphatic rings. The number of benzene rings is 1. The Hall–Kier alpha value is -0.860. The minimum Gasteiger partial charge on any atom is -0.392 e. The van der Waals surface area contributed by atoms with Gasteiger partial charge in [-0.15, -0.1) is 0 Å². The van der Waals surface area contributed by atoms with Crippen molar-refractivity contribution < 1.29 is 10.2 Å². The molecule has 2 N–H and O–H groups in total. The molecule has 0 unspecified atom stereocenters. The van der Waals surface area contributed by atoms with Crippen molar-refractivity contribution in [3.8, 4) is 0 Å². The van der Waals surface area contributed by atoms with Gasteiger partial charge in [0.05, 0.1) is 12.2 Å². The van der Waals surface area contributed by atoms with Crippen LogP contribution in [0.3, 0.4) is 0 Å². The first-order valence-corrected chi connectivity index (χ1v) is 7.69. The number of aliphatic hydroxyl groups is 2. The molecular weight excluding hydrogens is 236 g/mol. The van der Waals surface area contributed by atoms with Gasteiger partial charge in [0, 0.05) is 11.3 Å². The van der Waals surface area contributed by atoms with Crippen molar-refractivity contribution in [3.63, 3.8) is 0 Å². The summed E-state index contributed by atoms with van der Waals surface area (Å²) in [4.78, 5) is 0. The third-order valence-electron chi connectivity index (χ3n) is 7.76. The van der Waals surface area contributed by atoms with E-state index in [-0.39, 0.29) is 17.6 Å². The van der Waals surface area contributed by atoms with Crippen molar-refractivity contribution in [2.75, 3.05) is 0 Å². The van der Waals surface area contributed by atoms with Crippen molar-refractivity contribution in [2.45, 2.75) is 24.0 Å². The van der Waals surface area contributed by atoms with Crippen LogP contribution in [-0.4, -0.2) is 22.4 Å². The van der Waals surface area contributed by atoms with E-state index >= 15 is 0 Å². The minimum absolute atomic E-state index is 0.0989. The fraction of sp³-hybridized carbons (Fsp3) is 0.647. The summed E-state index contributed by atoms with van der Waals surface area (Å²) in [7, 11) is 0. The predicted molar refractivity (Wildman–Crippen MR) is 69.2 cm³/mol. The lowest BCUT2D eigenvalue weighted by atomic mass is 9.61. The summed E-state index contributed by atoms with van der Waals surface area (Å²) in [5, 5.41) is 21.8. The van der Waals surface area contributed by atoms with Gasteiger partial charge in [-0.05, 0) is 47.5 Å². The van der Waals surface area contributed by atoms with Crippen molar-refractivity contribution in [1.29, 1.82) is 0 Å². The number of aliphatic hydroxyl groups excluding tert-OH is 2. The lowest BCUT2D eigenvalue weighted by Crippen LogP contribution is -2.44. The van der Waals surface area contributed by atoms with Crippen LogP contribution >= 0.6 is 0 Å². The van der Waals surface area contributed by atoms with E-state index in [2.05, 4.69) is 24.3 Å². The molecule has 0 aromatic heterocycles. The third kappa shape index (κ3) is 0.696. The molecule has 6 bridgehead atoms. The fourth-order valence-electron chi connectivity index (χ4n) is 7.93. The standard InChI is InChI=1S/C17H18O2/c18-15-12-8-6-9-11-10(8)14(15)17(13(9)12,16(11)19)7-4-2-1-3-5-7/h1-5,8-16,18-19H,6H2/t8-,9+,10+,11+,12+,13+,14-,15+,16-,17+/m0/s1. The summed E-state index contributed by atoms with van der Waals surface area (Å²) in [6.45, 7) is 0. The van der Waals surface area contributed by atoms with Gasteiger partial charge in [-0.25, -0.2) is 0 Å². The molecule has 2 heteroatoms. The maximum absolute atomic E-state index is 11.0. The SMILES string of the molecule is O[C@@H]1[C@@H]2[C@H]3C[C@@H]4[C@@H]5[C@@H]3[C@@H]1[C@@](c1ccccc1)([C@H]42)[C@H]5O. The lowest BCUT2D eigenvalue weighted by molar-refractivity contribution is 0.0683. The normalized spacial score (nSPS) is 65.9. The molecule has 0 saturated heterocycles. The number of hydrogen-bond acceptors (Lipinski definition) is 2. The average molecular weight is 254 g/mol. The van der Waals surface area contributed by atoms with E-state index in [1.165, 1.54) is 12.0 Å². The van der Waals surface area contributed by atoms with Crippen LogP contribution in [0.2, 0.25) is 0 Å². The van der Waals surface area contributed by atoms with Crippen LogP contribution in [0.4, 0.5) is 0 Å².